The molecule has 16 heavy (non-hydrogen) atoms. The van der Waals surface area contributed by atoms with E-state index in [9.17, 15) is 14.9 Å². The lowest BCUT2D eigenvalue weighted by molar-refractivity contribution is -0.384. The Kier molecular flexibility index (Phi) is 3.44. The summed E-state index contributed by atoms with van der Waals surface area (Å²) in [5.41, 5.74) is 1.53. The summed E-state index contributed by atoms with van der Waals surface area (Å²) >= 11 is 0. The van der Waals surface area contributed by atoms with Crippen LogP contribution in [0.25, 0.3) is 0 Å². The molecule has 1 rings (SSSR count). The highest BCUT2D eigenvalue weighted by atomic mass is 16.6. The molecule has 0 aromatic heterocycles. The Morgan fingerprint density at radius 2 is 2.06 bits per heavy atom. The summed E-state index contributed by atoms with van der Waals surface area (Å²) in [7, 11) is 1.71. The lowest BCUT2D eigenvalue weighted by Gasteiger charge is -2.11. The number of nitro benzene ring substituents is 1. The molecule has 2 N–H and O–H groups in total. The maximum absolute atomic E-state index is 11.0. The summed E-state index contributed by atoms with van der Waals surface area (Å²) in [5, 5.41) is 16.2. The van der Waals surface area contributed by atoms with Crippen LogP contribution in [0.2, 0.25) is 0 Å². The van der Waals surface area contributed by atoms with E-state index in [1.54, 1.807) is 20.0 Å². The number of hydrogen-bond acceptors (Lipinski definition) is 4. The molecule has 0 unspecified atom stereocenters. The summed E-state index contributed by atoms with van der Waals surface area (Å²) in [6, 6.07) is 2.98. The second-order valence-electron chi connectivity index (χ2n) is 3.32. The molecule has 0 radical (unpaired) electrons. The van der Waals surface area contributed by atoms with Crippen molar-refractivity contribution < 1.29 is 9.72 Å². The number of carbonyl (C=O) groups excluding carboxylic acids is 1. The van der Waals surface area contributed by atoms with Gasteiger partial charge in [0.25, 0.3) is 5.69 Å². The Hall–Kier alpha value is -2.11. The molecule has 0 fully saturated rings. The average molecular weight is 223 g/mol. The van der Waals surface area contributed by atoms with Gasteiger partial charge < -0.3 is 10.6 Å². The Morgan fingerprint density at radius 1 is 1.44 bits per heavy atom. The Morgan fingerprint density at radius 3 is 2.50 bits per heavy atom. The van der Waals surface area contributed by atoms with Gasteiger partial charge in [-0.3, -0.25) is 14.9 Å². The minimum absolute atomic E-state index is 0.105. The van der Waals surface area contributed by atoms with Crippen LogP contribution in [-0.2, 0) is 4.79 Å². The fourth-order valence-electron chi connectivity index (χ4n) is 1.45. The van der Waals surface area contributed by atoms with Crippen LogP contribution in [0.15, 0.2) is 12.1 Å². The number of amides is 1. The quantitative estimate of drug-likeness (QED) is 0.605. The number of rotatable bonds is 3. The van der Waals surface area contributed by atoms with Crippen molar-refractivity contribution in [3.8, 4) is 0 Å². The van der Waals surface area contributed by atoms with Crippen LogP contribution < -0.4 is 10.6 Å². The number of benzene rings is 1. The summed E-state index contributed by atoms with van der Waals surface area (Å²) in [4.78, 5) is 21.3. The third-order valence-corrected chi connectivity index (χ3v) is 2.21. The average Bonchev–Trinajstić information content (AvgIpc) is 2.19. The molecule has 1 aromatic carbocycles. The van der Waals surface area contributed by atoms with Crippen LogP contribution in [0, 0.1) is 17.0 Å². The molecular formula is C10H13N3O3. The molecule has 1 aromatic rings. The van der Waals surface area contributed by atoms with Gasteiger partial charge in [0, 0.05) is 31.3 Å². The van der Waals surface area contributed by atoms with E-state index in [4.69, 9.17) is 0 Å². The highest BCUT2D eigenvalue weighted by Crippen LogP contribution is 2.32. The molecule has 0 aliphatic rings. The monoisotopic (exact) mass is 223 g/mol. The largest absolute Gasteiger partial charge is 0.388 e. The molecule has 6 heteroatoms. The fourth-order valence-corrected chi connectivity index (χ4v) is 1.45. The van der Waals surface area contributed by atoms with Crippen molar-refractivity contribution in [3.05, 3.63) is 27.8 Å². The van der Waals surface area contributed by atoms with E-state index in [1.807, 2.05) is 0 Å². The third-order valence-electron chi connectivity index (χ3n) is 2.21. The number of nitro groups is 1. The van der Waals surface area contributed by atoms with Crippen molar-refractivity contribution in [1.29, 1.82) is 0 Å². The van der Waals surface area contributed by atoms with Crippen molar-refractivity contribution in [2.45, 2.75) is 13.8 Å². The topological polar surface area (TPSA) is 84.3 Å². The van der Waals surface area contributed by atoms with Crippen molar-refractivity contribution in [2.75, 3.05) is 17.7 Å². The Bertz CT molecular complexity index is 443. The minimum Gasteiger partial charge on any atom is -0.388 e. The molecule has 1 amide bonds. The number of carbonyl (C=O) groups is 1. The highest BCUT2D eigenvalue weighted by molar-refractivity contribution is 5.93. The van der Waals surface area contributed by atoms with Gasteiger partial charge in [-0.05, 0) is 13.0 Å². The maximum atomic E-state index is 11.0. The molecule has 6 nitrogen and oxygen atoms in total. The molecule has 0 bridgehead atoms. The van der Waals surface area contributed by atoms with E-state index < -0.39 is 4.92 Å². The second kappa shape index (κ2) is 4.61. The van der Waals surface area contributed by atoms with E-state index in [2.05, 4.69) is 10.6 Å². The van der Waals surface area contributed by atoms with Crippen LogP contribution in [0.3, 0.4) is 0 Å². The molecule has 86 valence electrons. The standard InChI is InChI=1S/C10H13N3O3/c1-6-8(11-3)4-5-9(13(15)16)10(6)12-7(2)14/h4-5,11H,1-3H3,(H,12,14). The van der Waals surface area contributed by atoms with Gasteiger partial charge in [0.1, 0.15) is 5.69 Å². The molecule has 0 atom stereocenters. The van der Waals surface area contributed by atoms with Gasteiger partial charge in [-0.15, -0.1) is 0 Å². The normalized spacial score (nSPS) is 9.69. The van der Waals surface area contributed by atoms with Crippen LogP contribution in [0.5, 0.6) is 0 Å². The maximum Gasteiger partial charge on any atom is 0.293 e. The van der Waals surface area contributed by atoms with Gasteiger partial charge >= 0.3 is 0 Å². The van der Waals surface area contributed by atoms with E-state index in [1.165, 1.54) is 13.0 Å². The van der Waals surface area contributed by atoms with Gasteiger partial charge in [0.05, 0.1) is 4.92 Å². The molecule has 0 spiro atoms. The van der Waals surface area contributed by atoms with Crippen LogP contribution in [0.1, 0.15) is 12.5 Å². The third kappa shape index (κ3) is 2.28. The van der Waals surface area contributed by atoms with E-state index in [0.717, 1.165) is 5.69 Å². The number of nitrogens with one attached hydrogen (secondary N) is 2. The van der Waals surface area contributed by atoms with E-state index in [-0.39, 0.29) is 17.3 Å². The van der Waals surface area contributed by atoms with Gasteiger partial charge in [0.2, 0.25) is 5.91 Å². The van der Waals surface area contributed by atoms with Gasteiger partial charge in [-0.1, -0.05) is 0 Å². The van der Waals surface area contributed by atoms with Crippen molar-refractivity contribution in [3.63, 3.8) is 0 Å². The zero-order chi connectivity index (χ0) is 12.3. The predicted octanol–water partition coefficient (Wildman–Crippen LogP) is 1.90. The number of hydrogen-bond donors (Lipinski definition) is 2. The van der Waals surface area contributed by atoms with Crippen molar-refractivity contribution in [1.82, 2.24) is 0 Å². The number of anilines is 2. The lowest BCUT2D eigenvalue weighted by Crippen LogP contribution is -2.10. The smallest absolute Gasteiger partial charge is 0.293 e. The molecule has 0 aliphatic heterocycles. The fraction of sp³-hybridized carbons (Fsp3) is 0.300. The summed E-state index contributed by atoms with van der Waals surface area (Å²) in [5.74, 6) is -0.334. The van der Waals surface area contributed by atoms with E-state index >= 15 is 0 Å². The van der Waals surface area contributed by atoms with E-state index in [0.29, 0.717) is 5.56 Å². The van der Waals surface area contributed by atoms with Crippen molar-refractivity contribution in [2.24, 2.45) is 0 Å². The number of nitrogens with zero attached hydrogens (tertiary/aromatic N) is 1. The molecule has 0 heterocycles. The van der Waals surface area contributed by atoms with Crippen LogP contribution in [0.4, 0.5) is 17.1 Å². The molecule has 0 saturated carbocycles. The predicted molar refractivity (Wildman–Crippen MR) is 61.7 cm³/mol. The first kappa shape index (κ1) is 12.0. The van der Waals surface area contributed by atoms with Crippen LogP contribution >= 0.6 is 0 Å². The summed E-state index contributed by atoms with van der Waals surface area (Å²) < 4.78 is 0. The molecule has 0 saturated heterocycles. The Labute approximate surface area is 92.8 Å². The van der Waals surface area contributed by atoms with Gasteiger partial charge in [-0.25, -0.2) is 0 Å². The second-order valence-corrected chi connectivity index (χ2v) is 3.32. The van der Waals surface area contributed by atoms with Gasteiger partial charge in [0.15, 0.2) is 0 Å². The first-order valence-corrected chi connectivity index (χ1v) is 4.70. The first-order chi connectivity index (χ1) is 7.47. The zero-order valence-corrected chi connectivity index (χ0v) is 9.33. The first-order valence-electron chi connectivity index (χ1n) is 4.70. The summed E-state index contributed by atoms with van der Waals surface area (Å²) in [6.45, 7) is 3.03. The SMILES string of the molecule is CNc1ccc([N+](=O)[O-])c(NC(C)=O)c1C. The lowest BCUT2D eigenvalue weighted by atomic mass is 10.1. The van der Waals surface area contributed by atoms with Gasteiger partial charge in [-0.2, -0.15) is 0 Å². The minimum atomic E-state index is -0.516. The zero-order valence-electron chi connectivity index (χ0n) is 9.33. The molecular weight excluding hydrogens is 210 g/mol. The summed E-state index contributed by atoms with van der Waals surface area (Å²) in [6.07, 6.45) is 0. The van der Waals surface area contributed by atoms with Crippen LogP contribution in [-0.4, -0.2) is 17.9 Å². The van der Waals surface area contributed by atoms with Crippen molar-refractivity contribution >= 4 is 23.0 Å². The highest BCUT2D eigenvalue weighted by Gasteiger charge is 2.18. The Balaban J connectivity index is 3.36. The molecule has 0 aliphatic carbocycles.